The number of ether oxygens (including phenoxy) is 1. The number of carbonyl (C=O) groups excluding carboxylic acids is 1. The molecule has 0 saturated carbocycles. The predicted octanol–water partition coefficient (Wildman–Crippen LogP) is 2.88. The Morgan fingerprint density at radius 3 is 2.59 bits per heavy atom. The Kier molecular flexibility index (Phi) is 5.36. The smallest absolute Gasteiger partial charge is 0.249 e. The molecule has 0 radical (unpaired) electrons. The minimum Gasteiger partial charge on any atom is -0.379 e. The first-order valence-electron chi connectivity index (χ1n) is 9.43. The molecule has 2 aromatic rings. The van der Waals surface area contributed by atoms with E-state index in [1.165, 1.54) is 11.0 Å². The third-order valence-corrected chi connectivity index (χ3v) is 5.19. The summed E-state index contributed by atoms with van der Waals surface area (Å²) in [6, 6.07) is 14.2. The fraction of sp³-hybridized carbons (Fsp3) is 0.381. The normalized spacial score (nSPS) is 20.9. The molecule has 0 spiro atoms. The third-order valence-electron chi connectivity index (χ3n) is 5.19. The molecule has 1 N–H and O–H groups in total. The van der Waals surface area contributed by atoms with E-state index in [-0.39, 0.29) is 17.8 Å². The van der Waals surface area contributed by atoms with Gasteiger partial charge in [0.2, 0.25) is 5.91 Å². The minimum atomic E-state index is -0.362. The van der Waals surface area contributed by atoms with Crippen molar-refractivity contribution in [2.45, 2.75) is 19.0 Å². The SMILES string of the molecule is O=C1C(Nc2ccccc2CN2CCOCC2)CCN1c1ccccc1F. The second-order valence-corrected chi connectivity index (χ2v) is 6.97. The lowest BCUT2D eigenvalue weighted by molar-refractivity contribution is -0.117. The largest absolute Gasteiger partial charge is 0.379 e. The summed E-state index contributed by atoms with van der Waals surface area (Å²) in [5.41, 5.74) is 2.49. The van der Waals surface area contributed by atoms with E-state index in [0.717, 1.165) is 44.1 Å². The lowest BCUT2D eigenvalue weighted by Gasteiger charge is -2.28. The zero-order valence-corrected chi connectivity index (χ0v) is 15.2. The highest BCUT2D eigenvalue weighted by Crippen LogP contribution is 2.27. The zero-order chi connectivity index (χ0) is 18.6. The summed E-state index contributed by atoms with van der Waals surface area (Å²) >= 11 is 0. The van der Waals surface area contributed by atoms with Gasteiger partial charge in [-0.15, -0.1) is 0 Å². The van der Waals surface area contributed by atoms with Crippen molar-refractivity contribution >= 4 is 17.3 Å². The summed E-state index contributed by atoms with van der Waals surface area (Å²) in [6.07, 6.45) is 0.652. The van der Waals surface area contributed by atoms with E-state index < -0.39 is 0 Å². The van der Waals surface area contributed by atoms with Crippen molar-refractivity contribution in [2.24, 2.45) is 0 Å². The number of rotatable bonds is 5. The molecule has 2 aliphatic heterocycles. The molecule has 1 amide bonds. The fourth-order valence-electron chi connectivity index (χ4n) is 3.71. The van der Waals surface area contributed by atoms with Gasteiger partial charge in [0.1, 0.15) is 11.9 Å². The average molecular weight is 369 g/mol. The number of morpholine rings is 1. The first-order chi connectivity index (χ1) is 13.2. The van der Waals surface area contributed by atoms with Crippen LogP contribution >= 0.6 is 0 Å². The molecule has 142 valence electrons. The van der Waals surface area contributed by atoms with Crippen LogP contribution in [0.5, 0.6) is 0 Å². The molecule has 1 unspecified atom stereocenters. The van der Waals surface area contributed by atoms with Crippen LogP contribution in [0.25, 0.3) is 0 Å². The van der Waals surface area contributed by atoms with Crippen molar-refractivity contribution in [1.82, 2.24) is 4.90 Å². The van der Waals surface area contributed by atoms with Gasteiger partial charge in [-0.3, -0.25) is 9.69 Å². The monoisotopic (exact) mass is 369 g/mol. The number of carbonyl (C=O) groups is 1. The van der Waals surface area contributed by atoms with Crippen LogP contribution < -0.4 is 10.2 Å². The van der Waals surface area contributed by atoms with E-state index in [1.54, 1.807) is 18.2 Å². The Morgan fingerprint density at radius 1 is 1.04 bits per heavy atom. The Balaban J connectivity index is 1.47. The van der Waals surface area contributed by atoms with Gasteiger partial charge in [0.05, 0.1) is 18.9 Å². The van der Waals surface area contributed by atoms with E-state index in [9.17, 15) is 9.18 Å². The Bertz CT molecular complexity index is 808. The van der Waals surface area contributed by atoms with Crippen LogP contribution in [0.15, 0.2) is 48.5 Å². The van der Waals surface area contributed by atoms with Crippen LogP contribution in [0.4, 0.5) is 15.8 Å². The highest BCUT2D eigenvalue weighted by molar-refractivity contribution is 6.01. The number of nitrogens with zero attached hydrogens (tertiary/aromatic N) is 2. The molecule has 2 saturated heterocycles. The van der Waals surface area contributed by atoms with E-state index in [1.807, 2.05) is 18.2 Å². The van der Waals surface area contributed by atoms with Crippen molar-refractivity contribution in [1.29, 1.82) is 0 Å². The van der Waals surface area contributed by atoms with Gasteiger partial charge in [0.15, 0.2) is 0 Å². The highest BCUT2D eigenvalue weighted by Gasteiger charge is 2.34. The Morgan fingerprint density at radius 2 is 1.78 bits per heavy atom. The summed E-state index contributed by atoms with van der Waals surface area (Å²) in [7, 11) is 0. The number of hydrogen-bond acceptors (Lipinski definition) is 4. The molecule has 0 aliphatic carbocycles. The highest BCUT2D eigenvalue weighted by atomic mass is 19.1. The summed E-state index contributed by atoms with van der Waals surface area (Å²) in [6.45, 7) is 4.69. The molecular weight excluding hydrogens is 345 g/mol. The maximum Gasteiger partial charge on any atom is 0.249 e. The number of amides is 1. The molecular formula is C21H24FN3O2. The number of benzene rings is 2. The fourth-order valence-corrected chi connectivity index (χ4v) is 3.71. The molecule has 27 heavy (non-hydrogen) atoms. The molecule has 0 bridgehead atoms. The molecule has 5 nitrogen and oxygen atoms in total. The quantitative estimate of drug-likeness (QED) is 0.880. The Labute approximate surface area is 158 Å². The number of anilines is 2. The molecule has 6 heteroatoms. The van der Waals surface area contributed by atoms with Gasteiger partial charge >= 0.3 is 0 Å². The molecule has 2 fully saturated rings. The van der Waals surface area contributed by atoms with E-state index in [2.05, 4.69) is 16.3 Å². The maximum atomic E-state index is 14.1. The third kappa shape index (κ3) is 3.96. The molecule has 2 heterocycles. The van der Waals surface area contributed by atoms with E-state index in [0.29, 0.717) is 18.7 Å². The van der Waals surface area contributed by atoms with Gasteiger partial charge < -0.3 is 15.0 Å². The van der Waals surface area contributed by atoms with Gasteiger partial charge in [-0.1, -0.05) is 30.3 Å². The van der Waals surface area contributed by atoms with Crippen LogP contribution in [0.3, 0.4) is 0 Å². The van der Waals surface area contributed by atoms with Gasteiger partial charge in [-0.05, 0) is 30.2 Å². The van der Waals surface area contributed by atoms with Gasteiger partial charge in [-0.2, -0.15) is 0 Å². The Hall–Kier alpha value is -2.44. The van der Waals surface area contributed by atoms with E-state index >= 15 is 0 Å². The van der Waals surface area contributed by atoms with Crippen molar-refractivity contribution in [3.63, 3.8) is 0 Å². The first kappa shape index (κ1) is 17.9. The number of nitrogens with one attached hydrogen (secondary N) is 1. The van der Waals surface area contributed by atoms with Crippen LogP contribution in [-0.4, -0.2) is 49.7 Å². The summed E-state index contributed by atoms with van der Waals surface area (Å²) < 4.78 is 19.5. The molecule has 1 atom stereocenters. The molecule has 2 aliphatic rings. The average Bonchev–Trinajstić information content (AvgIpc) is 3.05. The van der Waals surface area contributed by atoms with Crippen LogP contribution in [-0.2, 0) is 16.1 Å². The van der Waals surface area contributed by atoms with Crippen molar-refractivity contribution in [3.05, 3.63) is 59.9 Å². The second kappa shape index (κ2) is 8.06. The number of halogens is 1. The minimum absolute atomic E-state index is 0.0822. The van der Waals surface area contributed by atoms with Crippen molar-refractivity contribution < 1.29 is 13.9 Å². The summed E-state index contributed by atoms with van der Waals surface area (Å²) in [5.74, 6) is -0.444. The predicted molar refractivity (Wildman–Crippen MR) is 103 cm³/mol. The van der Waals surface area contributed by atoms with Crippen LogP contribution in [0.1, 0.15) is 12.0 Å². The van der Waals surface area contributed by atoms with Gasteiger partial charge in [0, 0.05) is 31.9 Å². The summed E-state index contributed by atoms with van der Waals surface area (Å²) in [4.78, 5) is 16.7. The van der Waals surface area contributed by atoms with E-state index in [4.69, 9.17) is 4.74 Å². The topological polar surface area (TPSA) is 44.8 Å². The molecule has 2 aromatic carbocycles. The summed E-state index contributed by atoms with van der Waals surface area (Å²) in [5, 5.41) is 3.40. The standard InChI is InChI=1S/C21H24FN3O2/c22-17-6-2-4-8-20(17)25-10-9-19(21(25)26)23-18-7-3-1-5-16(18)15-24-11-13-27-14-12-24/h1-8,19,23H,9-15H2. The lowest BCUT2D eigenvalue weighted by atomic mass is 10.1. The maximum absolute atomic E-state index is 14.1. The van der Waals surface area contributed by atoms with Crippen LogP contribution in [0, 0.1) is 5.82 Å². The van der Waals surface area contributed by atoms with Crippen molar-refractivity contribution in [3.8, 4) is 0 Å². The lowest BCUT2D eigenvalue weighted by Crippen LogP contribution is -2.36. The van der Waals surface area contributed by atoms with Crippen molar-refractivity contribution in [2.75, 3.05) is 43.1 Å². The number of hydrogen-bond donors (Lipinski definition) is 1. The van der Waals surface area contributed by atoms with Crippen LogP contribution in [0.2, 0.25) is 0 Å². The van der Waals surface area contributed by atoms with Gasteiger partial charge in [-0.25, -0.2) is 4.39 Å². The number of para-hydroxylation sites is 2. The van der Waals surface area contributed by atoms with Gasteiger partial charge in [0.25, 0.3) is 0 Å². The molecule has 4 rings (SSSR count). The molecule has 0 aromatic heterocycles. The zero-order valence-electron chi connectivity index (χ0n) is 15.2. The second-order valence-electron chi connectivity index (χ2n) is 6.97. The first-order valence-corrected chi connectivity index (χ1v) is 9.43.